The number of hydrogen-bond acceptors (Lipinski definition) is 3. The maximum atomic E-state index is 6.04. The number of benzene rings is 2. The highest BCUT2D eigenvalue weighted by Gasteiger charge is 2.07. The molecule has 1 N–H and O–H groups in total. The van der Waals surface area contributed by atoms with Crippen molar-refractivity contribution in [3.8, 4) is 11.5 Å². The number of nitrogens with one attached hydrogen (secondary N) is 1. The lowest BCUT2D eigenvalue weighted by Crippen LogP contribution is -2.23. The highest BCUT2D eigenvalue weighted by atomic mass is 16.5. The van der Waals surface area contributed by atoms with Gasteiger partial charge in [0.05, 0.1) is 13.2 Å². The van der Waals surface area contributed by atoms with Crippen LogP contribution in [0.4, 0.5) is 5.69 Å². The molecule has 124 valence electrons. The van der Waals surface area contributed by atoms with Gasteiger partial charge in [0.15, 0.2) is 0 Å². The van der Waals surface area contributed by atoms with Crippen LogP contribution in [0.1, 0.15) is 31.4 Å². The Balaban J connectivity index is 1.84. The molecule has 1 unspecified atom stereocenters. The lowest BCUT2D eigenvalue weighted by Gasteiger charge is -2.18. The molecule has 0 bridgehead atoms. The van der Waals surface area contributed by atoms with Crippen molar-refractivity contribution < 1.29 is 9.47 Å². The predicted molar refractivity (Wildman–Crippen MR) is 96.7 cm³/mol. The number of hydrogen-bond donors (Lipinski definition) is 1. The summed E-state index contributed by atoms with van der Waals surface area (Å²) in [6, 6.07) is 14.4. The Morgan fingerprint density at radius 1 is 1.04 bits per heavy atom. The van der Waals surface area contributed by atoms with Crippen LogP contribution >= 0.6 is 0 Å². The molecule has 0 saturated heterocycles. The van der Waals surface area contributed by atoms with E-state index in [1.54, 1.807) is 0 Å². The molecule has 2 rings (SSSR count). The van der Waals surface area contributed by atoms with Crippen molar-refractivity contribution in [1.29, 1.82) is 0 Å². The molecule has 3 heteroatoms. The van der Waals surface area contributed by atoms with Gasteiger partial charge in [0, 0.05) is 5.69 Å². The summed E-state index contributed by atoms with van der Waals surface area (Å²) in [5.41, 5.74) is 3.46. The summed E-state index contributed by atoms with van der Waals surface area (Å²) in [5, 5.41) is 3.40. The Morgan fingerprint density at radius 2 is 1.78 bits per heavy atom. The van der Waals surface area contributed by atoms with Crippen LogP contribution in [0, 0.1) is 13.8 Å². The zero-order valence-electron chi connectivity index (χ0n) is 14.6. The van der Waals surface area contributed by atoms with Gasteiger partial charge >= 0.3 is 0 Å². The molecule has 0 fully saturated rings. The molecule has 0 aliphatic carbocycles. The third-order valence-corrected chi connectivity index (χ3v) is 3.59. The minimum atomic E-state index is 0.0894. The minimum Gasteiger partial charge on any atom is -0.494 e. The van der Waals surface area contributed by atoms with Crippen LogP contribution < -0.4 is 14.8 Å². The summed E-state index contributed by atoms with van der Waals surface area (Å²) < 4.78 is 11.6. The Hall–Kier alpha value is -2.16. The fourth-order valence-electron chi connectivity index (χ4n) is 2.24. The summed E-state index contributed by atoms with van der Waals surface area (Å²) in [5.74, 6) is 1.87. The summed E-state index contributed by atoms with van der Waals surface area (Å²) >= 11 is 0. The van der Waals surface area contributed by atoms with E-state index in [1.165, 1.54) is 11.1 Å². The van der Waals surface area contributed by atoms with Crippen molar-refractivity contribution in [2.45, 2.75) is 40.2 Å². The molecule has 3 nitrogen and oxygen atoms in total. The van der Waals surface area contributed by atoms with E-state index in [-0.39, 0.29) is 6.10 Å². The van der Waals surface area contributed by atoms with Crippen LogP contribution in [0.5, 0.6) is 11.5 Å². The monoisotopic (exact) mass is 313 g/mol. The van der Waals surface area contributed by atoms with Crippen LogP contribution in [0.25, 0.3) is 0 Å². The lowest BCUT2D eigenvalue weighted by atomic mass is 10.1. The van der Waals surface area contributed by atoms with E-state index in [0.29, 0.717) is 0 Å². The second-order valence-corrected chi connectivity index (χ2v) is 5.95. The van der Waals surface area contributed by atoms with Gasteiger partial charge < -0.3 is 14.8 Å². The van der Waals surface area contributed by atoms with Crippen LogP contribution in [0.2, 0.25) is 0 Å². The first-order chi connectivity index (χ1) is 11.1. The van der Waals surface area contributed by atoms with E-state index in [0.717, 1.165) is 36.8 Å². The van der Waals surface area contributed by atoms with Gasteiger partial charge in [-0.15, -0.1) is 0 Å². The van der Waals surface area contributed by atoms with Crippen molar-refractivity contribution in [3.63, 3.8) is 0 Å². The predicted octanol–water partition coefficient (Wildman–Crippen LogP) is 4.97. The normalized spacial score (nSPS) is 11.8. The molecule has 1 atom stereocenters. The van der Waals surface area contributed by atoms with E-state index < -0.39 is 0 Å². The number of ether oxygens (including phenoxy) is 2. The third kappa shape index (κ3) is 5.51. The molecule has 0 amide bonds. The molecule has 0 aliphatic rings. The lowest BCUT2D eigenvalue weighted by molar-refractivity contribution is 0.233. The quantitative estimate of drug-likeness (QED) is 0.746. The Bertz CT molecular complexity index is 608. The van der Waals surface area contributed by atoms with Gasteiger partial charge in [0.2, 0.25) is 0 Å². The van der Waals surface area contributed by atoms with Gasteiger partial charge in [0.1, 0.15) is 17.6 Å². The number of anilines is 1. The van der Waals surface area contributed by atoms with Crippen LogP contribution in [0.3, 0.4) is 0 Å². The fraction of sp³-hybridized carbons (Fsp3) is 0.400. The molecule has 0 spiro atoms. The molecule has 0 aromatic heterocycles. The van der Waals surface area contributed by atoms with Gasteiger partial charge in [-0.25, -0.2) is 0 Å². The molecular weight excluding hydrogens is 286 g/mol. The zero-order chi connectivity index (χ0) is 16.7. The molecule has 0 heterocycles. The van der Waals surface area contributed by atoms with Crippen molar-refractivity contribution in [3.05, 3.63) is 53.6 Å². The van der Waals surface area contributed by atoms with E-state index in [1.807, 2.05) is 24.3 Å². The van der Waals surface area contributed by atoms with Crippen molar-refractivity contribution in [1.82, 2.24) is 0 Å². The van der Waals surface area contributed by atoms with Crippen molar-refractivity contribution in [2.75, 3.05) is 18.5 Å². The topological polar surface area (TPSA) is 30.5 Å². The second kappa shape index (κ2) is 8.47. The van der Waals surface area contributed by atoms with Crippen LogP contribution in [-0.4, -0.2) is 19.3 Å². The first-order valence-electron chi connectivity index (χ1n) is 8.29. The first-order valence-corrected chi connectivity index (χ1v) is 8.29. The average molecular weight is 313 g/mol. The van der Waals surface area contributed by atoms with E-state index in [2.05, 4.69) is 51.2 Å². The standard InChI is InChI=1S/C20H27NO2/c1-5-12-22-19-10-8-18(9-11-19)21-14-17(4)23-20-13-15(2)6-7-16(20)3/h6-11,13,17,21H,5,12,14H2,1-4H3. The Kier molecular flexibility index (Phi) is 6.33. The molecule has 2 aromatic rings. The fourth-order valence-corrected chi connectivity index (χ4v) is 2.24. The maximum Gasteiger partial charge on any atom is 0.122 e. The number of aryl methyl sites for hydroxylation is 2. The van der Waals surface area contributed by atoms with Crippen LogP contribution in [-0.2, 0) is 0 Å². The molecule has 23 heavy (non-hydrogen) atoms. The summed E-state index contributed by atoms with van der Waals surface area (Å²) in [4.78, 5) is 0. The van der Waals surface area contributed by atoms with Crippen molar-refractivity contribution >= 4 is 5.69 Å². The van der Waals surface area contributed by atoms with Crippen LogP contribution in [0.15, 0.2) is 42.5 Å². The molecule has 0 saturated carbocycles. The largest absolute Gasteiger partial charge is 0.494 e. The summed E-state index contributed by atoms with van der Waals surface area (Å²) in [6.07, 6.45) is 1.11. The molecular formula is C20H27NO2. The zero-order valence-corrected chi connectivity index (χ0v) is 14.6. The molecule has 2 aromatic carbocycles. The van der Waals surface area contributed by atoms with Gasteiger partial charge in [-0.05, 0) is 68.7 Å². The smallest absolute Gasteiger partial charge is 0.122 e. The average Bonchev–Trinajstić information content (AvgIpc) is 2.55. The van der Waals surface area contributed by atoms with Gasteiger partial charge in [-0.2, -0.15) is 0 Å². The summed E-state index contributed by atoms with van der Waals surface area (Å²) in [6.45, 7) is 9.85. The maximum absolute atomic E-state index is 6.04. The van der Waals surface area contributed by atoms with Gasteiger partial charge in [0.25, 0.3) is 0 Å². The van der Waals surface area contributed by atoms with Gasteiger partial charge in [-0.1, -0.05) is 19.1 Å². The molecule has 0 radical (unpaired) electrons. The van der Waals surface area contributed by atoms with Gasteiger partial charge in [-0.3, -0.25) is 0 Å². The minimum absolute atomic E-state index is 0.0894. The van der Waals surface area contributed by atoms with E-state index >= 15 is 0 Å². The highest BCUT2D eigenvalue weighted by Crippen LogP contribution is 2.21. The summed E-state index contributed by atoms with van der Waals surface area (Å²) in [7, 11) is 0. The van der Waals surface area contributed by atoms with Crippen molar-refractivity contribution in [2.24, 2.45) is 0 Å². The van der Waals surface area contributed by atoms with E-state index in [9.17, 15) is 0 Å². The molecule has 0 aliphatic heterocycles. The highest BCUT2D eigenvalue weighted by molar-refractivity contribution is 5.46. The Labute approximate surface area is 139 Å². The SMILES string of the molecule is CCCOc1ccc(NCC(C)Oc2cc(C)ccc2C)cc1. The Morgan fingerprint density at radius 3 is 2.48 bits per heavy atom. The third-order valence-electron chi connectivity index (χ3n) is 3.59. The number of rotatable bonds is 8. The second-order valence-electron chi connectivity index (χ2n) is 5.95. The first kappa shape index (κ1) is 17.2. The van der Waals surface area contributed by atoms with E-state index in [4.69, 9.17) is 9.47 Å².